The van der Waals surface area contributed by atoms with Gasteiger partial charge in [-0.3, -0.25) is 4.90 Å². The van der Waals surface area contributed by atoms with Gasteiger partial charge in [-0.05, 0) is 43.5 Å². The predicted octanol–water partition coefficient (Wildman–Crippen LogP) is 3.79. The Morgan fingerprint density at radius 1 is 1.25 bits per heavy atom. The number of aliphatic hydroxyl groups is 1. The normalized spacial score (nSPS) is 19.1. The summed E-state index contributed by atoms with van der Waals surface area (Å²) in [6.45, 7) is 1.43. The van der Waals surface area contributed by atoms with E-state index in [-0.39, 0.29) is 11.9 Å². The second-order valence-corrected chi connectivity index (χ2v) is 6.35. The van der Waals surface area contributed by atoms with Gasteiger partial charge in [0.25, 0.3) is 0 Å². The lowest BCUT2D eigenvalue weighted by molar-refractivity contribution is 0.117. The van der Waals surface area contributed by atoms with E-state index in [1.54, 1.807) is 12.1 Å². The molecule has 2 unspecified atom stereocenters. The van der Waals surface area contributed by atoms with E-state index in [0.29, 0.717) is 24.1 Å². The average molecular weight is 324 g/mol. The molecule has 1 saturated heterocycles. The van der Waals surface area contributed by atoms with Gasteiger partial charge in [0.05, 0.1) is 17.7 Å². The number of nitriles is 1. The monoisotopic (exact) mass is 324 g/mol. The summed E-state index contributed by atoms with van der Waals surface area (Å²) in [6.07, 6.45) is 2.23. The molecule has 0 bridgehead atoms. The van der Waals surface area contributed by atoms with Gasteiger partial charge >= 0.3 is 0 Å². The molecular weight excluding hydrogens is 303 g/mol. The summed E-state index contributed by atoms with van der Waals surface area (Å²) in [5, 5.41) is 19.3. The van der Waals surface area contributed by atoms with Crippen LogP contribution in [0.5, 0.6) is 0 Å². The van der Waals surface area contributed by atoms with Crippen molar-refractivity contribution in [2.45, 2.75) is 38.0 Å². The lowest BCUT2D eigenvalue weighted by atomic mass is 10.00. The van der Waals surface area contributed by atoms with E-state index < -0.39 is 6.10 Å². The number of likely N-dealkylation sites (tertiary alicyclic amines) is 1. The van der Waals surface area contributed by atoms with Crippen LogP contribution >= 0.6 is 0 Å². The van der Waals surface area contributed by atoms with Crippen LogP contribution in [0.15, 0.2) is 48.5 Å². The molecule has 0 spiro atoms. The van der Waals surface area contributed by atoms with Crippen molar-refractivity contribution in [3.8, 4) is 6.07 Å². The number of benzene rings is 2. The van der Waals surface area contributed by atoms with Crippen molar-refractivity contribution >= 4 is 0 Å². The second kappa shape index (κ2) is 7.57. The van der Waals surface area contributed by atoms with E-state index >= 15 is 0 Å². The molecule has 1 fully saturated rings. The molecule has 1 heterocycles. The Hall–Kier alpha value is -2.22. The zero-order valence-electron chi connectivity index (χ0n) is 13.5. The van der Waals surface area contributed by atoms with Gasteiger partial charge in [0.2, 0.25) is 0 Å². The fraction of sp³-hybridized carbons (Fsp3) is 0.350. The van der Waals surface area contributed by atoms with E-state index in [2.05, 4.69) is 4.90 Å². The van der Waals surface area contributed by atoms with Crippen LogP contribution in [0.4, 0.5) is 4.39 Å². The number of hydrogen-bond donors (Lipinski definition) is 1. The van der Waals surface area contributed by atoms with Crippen LogP contribution < -0.4 is 0 Å². The third kappa shape index (κ3) is 3.81. The third-order valence-corrected chi connectivity index (χ3v) is 4.73. The van der Waals surface area contributed by atoms with Crippen LogP contribution in [0.1, 0.15) is 42.1 Å². The second-order valence-electron chi connectivity index (χ2n) is 6.35. The van der Waals surface area contributed by atoms with Crippen molar-refractivity contribution in [3.05, 3.63) is 71.0 Å². The molecule has 2 aromatic carbocycles. The lowest BCUT2D eigenvalue weighted by Gasteiger charge is -2.26. The van der Waals surface area contributed by atoms with E-state index in [0.717, 1.165) is 24.9 Å². The molecule has 1 N–H and O–H groups in total. The Bertz CT molecular complexity index is 726. The summed E-state index contributed by atoms with van der Waals surface area (Å²) < 4.78 is 14.1. The summed E-state index contributed by atoms with van der Waals surface area (Å²) in [7, 11) is 0. The largest absolute Gasteiger partial charge is 0.388 e. The zero-order chi connectivity index (χ0) is 16.9. The first-order valence-electron chi connectivity index (χ1n) is 8.33. The molecule has 0 saturated carbocycles. The Morgan fingerprint density at radius 3 is 2.75 bits per heavy atom. The molecule has 1 aliphatic heterocycles. The van der Waals surface area contributed by atoms with Crippen LogP contribution in [-0.2, 0) is 6.54 Å². The van der Waals surface area contributed by atoms with Crippen molar-refractivity contribution in [2.75, 3.05) is 6.54 Å². The average Bonchev–Trinajstić information content (AvgIpc) is 3.04. The van der Waals surface area contributed by atoms with Gasteiger partial charge in [0.1, 0.15) is 5.82 Å². The van der Waals surface area contributed by atoms with Gasteiger partial charge in [-0.2, -0.15) is 5.26 Å². The standard InChI is InChI=1S/C20H21FN2O/c21-19-11-15(13-22)8-9-17(19)14-23-10-4-7-18(23)12-20(24)16-5-2-1-3-6-16/h1-3,5-6,8-9,11,18,20,24H,4,7,10,12,14H2. The van der Waals surface area contributed by atoms with Crippen molar-refractivity contribution < 1.29 is 9.50 Å². The smallest absolute Gasteiger partial charge is 0.129 e. The fourth-order valence-electron chi connectivity index (χ4n) is 3.40. The highest BCUT2D eigenvalue weighted by Crippen LogP contribution is 2.29. The number of nitrogens with zero attached hydrogens (tertiary/aromatic N) is 2. The molecule has 3 nitrogen and oxygen atoms in total. The van der Waals surface area contributed by atoms with Crippen LogP contribution in [0, 0.1) is 17.1 Å². The van der Waals surface area contributed by atoms with Crippen LogP contribution in [0.25, 0.3) is 0 Å². The molecular formula is C20H21FN2O. The van der Waals surface area contributed by atoms with E-state index in [9.17, 15) is 9.50 Å². The van der Waals surface area contributed by atoms with Gasteiger partial charge in [-0.1, -0.05) is 36.4 Å². The zero-order valence-corrected chi connectivity index (χ0v) is 13.5. The van der Waals surface area contributed by atoms with Gasteiger partial charge in [0, 0.05) is 18.2 Å². The Labute approximate surface area is 142 Å². The Balaban J connectivity index is 1.66. The van der Waals surface area contributed by atoms with Crippen LogP contribution in [-0.4, -0.2) is 22.6 Å². The van der Waals surface area contributed by atoms with E-state index in [1.807, 2.05) is 36.4 Å². The maximum Gasteiger partial charge on any atom is 0.129 e. The SMILES string of the molecule is N#Cc1ccc(CN2CCCC2CC(O)c2ccccc2)c(F)c1. The molecule has 0 amide bonds. The topological polar surface area (TPSA) is 47.3 Å². The maximum absolute atomic E-state index is 14.1. The molecule has 2 aromatic rings. The quantitative estimate of drug-likeness (QED) is 0.910. The Kier molecular flexibility index (Phi) is 5.24. The minimum absolute atomic E-state index is 0.246. The number of rotatable bonds is 5. The first-order valence-corrected chi connectivity index (χ1v) is 8.33. The molecule has 4 heteroatoms. The molecule has 0 radical (unpaired) electrons. The van der Waals surface area contributed by atoms with Crippen molar-refractivity contribution in [1.82, 2.24) is 4.90 Å². The van der Waals surface area contributed by atoms with Gasteiger partial charge < -0.3 is 5.11 Å². The summed E-state index contributed by atoms with van der Waals surface area (Å²) in [6, 6.07) is 16.5. The van der Waals surface area contributed by atoms with Crippen molar-refractivity contribution in [1.29, 1.82) is 5.26 Å². The summed E-state index contributed by atoms with van der Waals surface area (Å²) >= 11 is 0. The summed E-state index contributed by atoms with van der Waals surface area (Å²) in [5.74, 6) is -0.330. The highest BCUT2D eigenvalue weighted by Gasteiger charge is 2.27. The summed E-state index contributed by atoms with van der Waals surface area (Å²) in [5.41, 5.74) is 1.87. The molecule has 0 aromatic heterocycles. The van der Waals surface area contributed by atoms with Crippen LogP contribution in [0.3, 0.4) is 0 Å². The molecule has 2 atom stereocenters. The molecule has 3 rings (SSSR count). The fourth-order valence-corrected chi connectivity index (χ4v) is 3.40. The van der Waals surface area contributed by atoms with Crippen LogP contribution in [0.2, 0.25) is 0 Å². The summed E-state index contributed by atoms with van der Waals surface area (Å²) in [4.78, 5) is 2.23. The third-order valence-electron chi connectivity index (χ3n) is 4.73. The number of aliphatic hydroxyl groups excluding tert-OH is 1. The number of halogens is 1. The molecule has 124 valence electrons. The van der Waals surface area contributed by atoms with Gasteiger partial charge in [-0.15, -0.1) is 0 Å². The lowest BCUT2D eigenvalue weighted by Crippen LogP contribution is -2.30. The first kappa shape index (κ1) is 16.6. The highest BCUT2D eigenvalue weighted by atomic mass is 19.1. The predicted molar refractivity (Wildman–Crippen MR) is 90.6 cm³/mol. The molecule has 24 heavy (non-hydrogen) atoms. The maximum atomic E-state index is 14.1. The molecule has 0 aliphatic carbocycles. The number of hydrogen-bond acceptors (Lipinski definition) is 3. The Morgan fingerprint density at radius 2 is 2.04 bits per heavy atom. The van der Waals surface area contributed by atoms with Gasteiger partial charge in [0.15, 0.2) is 0 Å². The van der Waals surface area contributed by atoms with Crippen molar-refractivity contribution in [2.24, 2.45) is 0 Å². The van der Waals surface area contributed by atoms with E-state index in [1.165, 1.54) is 6.07 Å². The first-order chi connectivity index (χ1) is 11.7. The van der Waals surface area contributed by atoms with E-state index in [4.69, 9.17) is 5.26 Å². The minimum atomic E-state index is -0.498. The highest BCUT2D eigenvalue weighted by molar-refractivity contribution is 5.33. The van der Waals surface area contributed by atoms with Gasteiger partial charge in [-0.25, -0.2) is 4.39 Å². The van der Waals surface area contributed by atoms with Crippen molar-refractivity contribution in [3.63, 3.8) is 0 Å². The minimum Gasteiger partial charge on any atom is -0.388 e. The molecule has 1 aliphatic rings.